The SMILES string of the molecule is O=C(C=Cc1ccccc1Cl)NCCn1nccn1. The number of carbonyl (C=O) groups excluding carboxylic acids is 1. The summed E-state index contributed by atoms with van der Waals surface area (Å²) in [7, 11) is 0. The Labute approximate surface area is 115 Å². The number of rotatable bonds is 5. The van der Waals surface area contributed by atoms with E-state index in [4.69, 9.17) is 11.6 Å². The van der Waals surface area contributed by atoms with Gasteiger partial charge in [0.25, 0.3) is 0 Å². The highest BCUT2D eigenvalue weighted by atomic mass is 35.5. The lowest BCUT2D eigenvalue weighted by molar-refractivity contribution is -0.116. The number of halogens is 1. The van der Waals surface area contributed by atoms with Gasteiger partial charge < -0.3 is 5.32 Å². The van der Waals surface area contributed by atoms with Crippen LogP contribution >= 0.6 is 11.6 Å². The van der Waals surface area contributed by atoms with Crippen LogP contribution in [0.3, 0.4) is 0 Å². The summed E-state index contributed by atoms with van der Waals surface area (Å²) >= 11 is 5.98. The second kappa shape index (κ2) is 6.70. The van der Waals surface area contributed by atoms with Crippen molar-refractivity contribution >= 4 is 23.6 Å². The van der Waals surface area contributed by atoms with Gasteiger partial charge in [-0.2, -0.15) is 15.0 Å². The summed E-state index contributed by atoms with van der Waals surface area (Å²) in [6, 6.07) is 7.34. The lowest BCUT2D eigenvalue weighted by Gasteiger charge is -2.01. The average molecular weight is 277 g/mol. The predicted molar refractivity (Wildman–Crippen MR) is 73.5 cm³/mol. The van der Waals surface area contributed by atoms with Crippen molar-refractivity contribution in [2.75, 3.05) is 6.54 Å². The van der Waals surface area contributed by atoms with Gasteiger partial charge in [-0.15, -0.1) is 0 Å². The lowest BCUT2D eigenvalue weighted by Crippen LogP contribution is -2.26. The van der Waals surface area contributed by atoms with E-state index in [0.717, 1.165) is 5.56 Å². The van der Waals surface area contributed by atoms with E-state index in [1.807, 2.05) is 18.2 Å². The molecule has 0 aliphatic heterocycles. The van der Waals surface area contributed by atoms with Gasteiger partial charge >= 0.3 is 0 Å². The summed E-state index contributed by atoms with van der Waals surface area (Å²) in [6.07, 6.45) is 6.33. The minimum absolute atomic E-state index is 0.174. The molecule has 1 N–H and O–H groups in total. The molecule has 0 unspecified atom stereocenters. The number of hydrogen-bond donors (Lipinski definition) is 1. The Kier molecular flexibility index (Phi) is 4.69. The summed E-state index contributed by atoms with van der Waals surface area (Å²) in [5.74, 6) is -0.174. The van der Waals surface area contributed by atoms with Gasteiger partial charge in [-0.05, 0) is 17.7 Å². The summed E-state index contributed by atoms with van der Waals surface area (Å²) in [5.41, 5.74) is 0.813. The number of nitrogens with one attached hydrogen (secondary N) is 1. The van der Waals surface area contributed by atoms with Gasteiger partial charge in [0.05, 0.1) is 18.9 Å². The number of benzene rings is 1. The Morgan fingerprint density at radius 3 is 2.79 bits per heavy atom. The zero-order valence-corrected chi connectivity index (χ0v) is 10.9. The molecule has 0 saturated carbocycles. The van der Waals surface area contributed by atoms with Crippen LogP contribution in [0.25, 0.3) is 6.08 Å². The Hall–Kier alpha value is -2.14. The highest BCUT2D eigenvalue weighted by Gasteiger charge is 1.98. The molecule has 6 heteroatoms. The maximum absolute atomic E-state index is 11.6. The third-order valence-corrected chi connectivity index (χ3v) is 2.74. The van der Waals surface area contributed by atoms with Crippen molar-refractivity contribution in [2.24, 2.45) is 0 Å². The average Bonchev–Trinajstić information content (AvgIpc) is 2.91. The Bertz CT molecular complexity index is 566. The summed E-state index contributed by atoms with van der Waals surface area (Å²) < 4.78 is 0. The molecule has 0 atom stereocenters. The Morgan fingerprint density at radius 2 is 2.05 bits per heavy atom. The van der Waals surface area contributed by atoms with E-state index in [-0.39, 0.29) is 5.91 Å². The minimum Gasteiger partial charge on any atom is -0.351 e. The molecule has 1 heterocycles. The maximum Gasteiger partial charge on any atom is 0.244 e. The van der Waals surface area contributed by atoms with E-state index in [1.54, 1.807) is 24.5 Å². The second-order valence-corrected chi connectivity index (χ2v) is 4.18. The van der Waals surface area contributed by atoms with Crippen LogP contribution in [0.4, 0.5) is 0 Å². The molecule has 1 aromatic carbocycles. The Balaban J connectivity index is 1.79. The van der Waals surface area contributed by atoms with Crippen molar-refractivity contribution in [3.63, 3.8) is 0 Å². The number of aromatic nitrogens is 3. The van der Waals surface area contributed by atoms with Crippen LogP contribution in [-0.4, -0.2) is 27.4 Å². The standard InChI is InChI=1S/C13H13ClN4O/c14-12-4-2-1-3-11(12)5-6-13(19)15-9-10-18-16-7-8-17-18/h1-8H,9-10H2,(H,15,19). The molecule has 0 fully saturated rings. The van der Waals surface area contributed by atoms with E-state index in [1.165, 1.54) is 10.9 Å². The van der Waals surface area contributed by atoms with Gasteiger partial charge in [0, 0.05) is 17.6 Å². The van der Waals surface area contributed by atoms with E-state index in [0.29, 0.717) is 18.1 Å². The van der Waals surface area contributed by atoms with Gasteiger partial charge in [0.15, 0.2) is 0 Å². The number of carbonyl (C=O) groups is 1. The number of nitrogens with zero attached hydrogens (tertiary/aromatic N) is 3. The molecule has 0 saturated heterocycles. The summed E-state index contributed by atoms with van der Waals surface area (Å²) in [6.45, 7) is 1.01. The third kappa shape index (κ3) is 4.22. The molecule has 0 radical (unpaired) electrons. The van der Waals surface area contributed by atoms with Crippen LogP contribution in [0.5, 0.6) is 0 Å². The van der Waals surface area contributed by atoms with Crippen LogP contribution in [-0.2, 0) is 11.3 Å². The first-order valence-corrected chi connectivity index (χ1v) is 6.18. The largest absolute Gasteiger partial charge is 0.351 e. The molecule has 2 aromatic rings. The molecular weight excluding hydrogens is 264 g/mol. The van der Waals surface area contributed by atoms with E-state index in [2.05, 4.69) is 15.5 Å². The van der Waals surface area contributed by atoms with Crippen molar-refractivity contribution in [2.45, 2.75) is 6.54 Å². The molecule has 1 amide bonds. The normalized spacial score (nSPS) is 10.8. The van der Waals surface area contributed by atoms with Gasteiger partial charge in [0.1, 0.15) is 0 Å². The van der Waals surface area contributed by atoms with Crippen LogP contribution in [0.2, 0.25) is 5.02 Å². The lowest BCUT2D eigenvalue weighted by atomic mass is 10.2. The monoisotopic (exact) mass is 276 g/mol. The number of hydrogen-bond acceptors (Lipinski definition) is 3. The Morgan fingerprint density at radius 1 is 1.32 bits per heavy atom. The predicted octanol–water partition coefficient (Wildman–Crippen LogP) is 1.76. The molecule has 0 aliphatic carbocycles. The van der Waals surface area contributed by atoms with Crippen LogP contribution < -0.4 is 5.32 Å². The number of amides is 1. The summed E-state index contributed by atoms with van der Waals surface area (Å²) in [4.78, 5) is 13.1. The highest BCUT2D eigenvalue weighted by Crippen LogP contribution is 2.15. The first-order chi connectivity index (χ1) is 9.25. The second-order valence-electron chi connectivity index (χ2n) is 3.77. The first-order valence-electron chi connectivity index (χ1n) is 5.80. The molecule has 0 bridgehead atoms. The quantitative estimate of drug-likeness (QED) is 0.847. The van der Waals surface area contributed by atoms with Crippen LogP contribution in [0, 0.1) is 0 Å². The molecule has 19 heavy (non-hydrogen) atoms. The zero-order valence-electron chi connectivity index (χ0n) is 10.2. The van der Waals surface area contributed by atoms with Crippen molar-refractivity contribution in [1.82, 2.24) is 20.3 Å². The smallest absolute Gasteiger partial charge is 0.244 e. The molecule has 0 aliphatic rings. The van der Waals surface area contributed by atoms with Crippen molar-refractivity contribution in [1.29, 1.82) is 0 Å². The van der Waals surface area contributed by atoms with E-state index >= 15 is 0 Å². The maximum atomic E-state index is 11.6. The summed E-state index contributed by atoms with van der Waals surface area (Å²) in [5, 5.41) is 11.2. The molecule has 2 rings (SSSR count). The van der Waals surface area contributed by atoms with Crippen LogP contribution in [0.1, 0.15) is 5.56 Å². The van der Waals surface area contributed by atoms with Gasteiger partial charge in [-0.3, -0.25) is 4.79 Å². The van der Waals surface area contributed by atoms with Crippen molar-refractivity contribution < 1.29 is 4.79 Å². The van der Waals surface area contributed by atoms with Gasteiger partial charge in [0.2, 0.25) is 5.91 Å². The fraction of sp³-hybridized carbons (Fsp3) is 0.154. The molecule has 0 spiro atoms. The molecule has 5 nitrogen and oxygen atoms in total. The molecule has 98 valence electrons. The zero-order chi connectivity index (χ0) is 13.5. The van der Waals surface area contributed by atoms with Gasteiger partial charge in [-0.1, -0.05) is 29.8 Å². The fourth-order valence-electron chi connectivity index (χ4n) is 1.47. The first kappa shape index (κ1) is 13.3. The van der Waals surface area contributed by atoms with E-state index in [9.17, 15) is 4.79 Å². The topological polar surface area (TPSA) is 59.8 Å². The van der Waals surface area contributed by atoms with Gasteiger partial charge in [-0.25, -0.2) is 0 Å². The minimum atomic E-state index is -0.174. The highest BCUT2D eigenvalue weighted by molar-refractivity contribution is 6.32. The van der Waals surface area contributed by atoms with E-state index < -0.39 is 0 Å². The van der Waals surface area contributed by atoms with Crippen LogP contribution in [0.15, 0.2) is 42.7 Å². The third-order valence-electron chi connectivity index (χ3n) is 2.40. The molecular formula is C13H13ClN4O. The van der Waals surface area contributed by atoms with Crippen molar-refractivity contribution in [3.05, 3.63) is 53.3 Å². The van der Waals surface area contributed by atoms with Crippen molar-refractivity contribution in [3.8, 4) is 0 Å². The fourth-order valence-corrected chi connectivity index (χ4v) is 1.67. The molecule has 1 aromatic heterocycles.